The Balaban J connectivity index is 1.37. The van der Waals surface area contributed by atoms with Gasteiger partial charge in [0.1, 0.15) is 0 Å². The van der Waals surface area contributed by atoms with E-state index in [0.717, 1.165) is 5.69 Å². The highest BCUT2D eigenvalue weighted by Crippen LogP contribution is 2.61. The first-order valence-electron chi connectivity index (χ1n) is 20.2. The summed E-state index contributed by atoms with van der Waals surface area (Å²) in [6.07, 6.45) is 0. The predicted molar refractivity (Wildman–Crippen MR) is 244 cm³/mol. The zero-order chi connectivity index (χ0) is 38.2. The Bertz CT molecular complexity index is 3260. The van der Waals surface area contributed by atoms with Crippen LogP contribution in [-0.2, 0) is 5.41 Å². The lowest BCUT2D eigenvalue weighted by molar-refractivity contribution is 0.769. The molecule has 270 valence electrons. The molecule has 1 nitrogen and oxygen atoms in total. The minimum Gasteiger partial charge on any atom is -0.309 e. The number of benzene rings is 10. The SMILES string of the molecule is c1ccc(-c2c3ccccc3c(-c3cc4c(c5c3c3ccccc3n5-c3ccccc3)-c3ccccc3C4(c3ccccc3)c3ccccc3)c3ccccc23)cc1. The van der Waals surface area contributed by atoms with Gasteiger partial charge in [0.15, 0.2) is 0 Å². The number of rotatable bonds is 5. The molecule has 0 fully saturated rings. The largest absolute Gasteiger partial charge is 0.309 e. The van der Waals surface area contributed by atoms with Crippen molar-refractivity contribution in [2.75, 3.05) is 0 Å². The normalized spacial score (nSPS) is 13.0. The van der Waals surface area contributed by atoms with Crippen molar-refractivity contribution in [3.8, 4) is 39.1 Å². The molecule has 0 bridgehead atoms. The van der Waals surface area contributed by atoms with Crippen molar-refractivity contribution in [2.24, 2.45) is 0 Å². The lowest BCUT2D eigenvalue weighted by Gasteiger charge is -2.34. The van der Waals surface area contributed by atoms with Gasteiger partial charge >= 0.3 is 0 Å². The van der Waals surface area contributed by atoms with Crippen LogP contribution in [0.3, 0.4) is 0 Å². The zero-order valence-corrected chi connectivity index (χ0v) is 31.8. The quantitative estimate of drug-likeness (QED) is 0.155. The fourth-order valence-corrected chi connectivity index (χ4v) is 10.4. The average Bonchev–Trinajstić information content (AvgIpc) is 3.80. The molecule has 0 saturated heterocycles. The van der Waals surface area contributed by atoms with E-state index in [4.69, 9.17) is 0 Å². The van der Waals surface area contributed by atoms with Gasteiger partial charge in [-0.25, -0.2) is 0 Å². The number of fused-ring (bicyclic) bond motifs is 9. The molecule has 11 aromatic rings. The molecule has 1 heterocycles. The summed E-state index contributed by atoms with van der Waals surface area (Å²) in [4.78, 5) is 0. The highest BCUT2D eigenvalue weighted by atomic mass is 15.0. The second kappa shape index (κ2) is 12.8. The van der Waals surface area contributed by atoms with Gasteiger partial charge in [-0.05, 0) is 95.9 Å². The van der Waals surface area contributed by atoms with Gasteiger partial charge in [0.05, 0.1) is 16.4 Å². The molecule has 0 N–H and O–H groups in total. The van der Waals surface area contributed by atoms with Crippen molar-refractivity contribution < 1.29 is 0 Å². The molecular formula is C57H37N. The molecule has 1 aromatic heterocycles. The summed E-state index contributed by atoms with van der Waals surface area (Å²) in [5, 5.41) is 7.52. The highest BCUT2D eigenvalue weighted by molar-refractivity contribution is 6.28. The summed E-state index contributed by atoms with van der Waals surface area (Å²) < 4.78 is 2.54. The standard InChI is InChI=1S/C57H37N/c1-5-21-38(22-6-1)52-42-29-13-15-31-44(42)53(45-32-16-14-30-43(45)52)48-37-50-55(56-54(48)47-34-18-20-36-51(47)58(56)41-27-11-4-12-28-41)46-33-17-19-35-49(46)57(50,39-23-7-2-8-24-39)40-25-9-3-10-26-40/h1-37H. The molecule has 1 aliphatic rings. The highest BCUT2D eigenvalue weighted by Gasteiger charge is 2.48. The summed E-state index contributed by atoms with van der Waals surface area (Å²) in [5.74, 6) is 0. The Labute approximate surface area is 337 Å². The molecule has 0 unspecified atom stereocenters. The summed E-state index contributed by atoms with van der Waals surface area (Å²) in [7, 11) is 0. The molecule has 12 rings (SSSR count). The van der Waals surface area contributed by atoms with Gasteiger partial charge in [0.2, 0.25) is 0 Å². The fourth-order valence-electron chi connectivity index (χ4n) is 10.4. The molecule has 0 atom stereocenters. The minimum absolute atomic E-state index is 0.578. The first-order chi connectivity index (χ1) is 28.8. The molecule has 0 amide bonds. The first kappa shape index (κ1) is 32.7. The van der Waals surface area contributed by atoms with Crippen molar-refractivity contribution >= 4 is 43.4 Å². The van der Waals surface area contributed by atoms with Crippen molar-refractivity contribution in [2.45, 2.75) is 5.41 Å². The van der Waals surface area contributed by atoms with Crippen LogP contribution >= 0.6 is 0 Å². The Kier molecular flexibility index (Phi) is 7.21. The summed E-state index contributed by atoms with van der Waals surface area (Å²) in [6.45, 7) is 0. The first-order valence-corrected chi connectivity index (χ1v) is 20.2. The van der Waals surface area contributed by atoms with Crippen LogP contribution in [0.2, 0.25) is 0 Å². The maximum Gasteiger partial charge on any atom is 0.0714 e. The summed E-state index contributed by atoms with van der Waals surface area (Å²) >= 11 is 0. The monoisotopic (exact) mass is 735 g/mol. The number of aromatic nitrogens is 1. The van der Waals surface area contributed by atoms with Crippen molar-refractivity contribution in [1.29, 1.82) is 0 Å². The van der Waals surface area contributed by atoms with E-state index in [-0.39, 0.29) is 0 Å². The third-order valence-electron chi connectivity index (χ3n) is 12.6. The van der Waals surface area contributed by atoms with Crippen LogP contribution in [0.4, 0.5) is 0 Å². The second-order valence-corrected chi connectivity index (χ2v) is 15.5. The number of hydrogen-bond donors (Lipinski definition) is 0. The van der Waals surface area contributed by atoms with Crippen LogP contribution in [0.25, 0.3) is 82.4 Å². The van der Waals surface area contributed by atoms with Crippen LogP contribution in [0.1, 0.15) is 22.3 Å². The van der Waals surface area contributed by atoms with Gasteiger partial charge < -0.3 is 4.57 Å². The molecule has 0 saturated carbocycles. The third-order valence-corrected chi connectivity index (χ3v) is 12.6. The van der Waals surface area contributed by atoms with E-state index in [1.807, 2.05) is 0 Å². The Morgan fingerprint density at radius 3 is 1.40 bits per heavy atom. The van der Waals surface area contributed by atoms with Crippen LogP contribution in [-0.4, -0.2) is 4.57 Å². The topological polar surface area (TPSA) is 4.93 Å². The molecule has 0 radical (unpaired) electrons. The smallest absolute Gasteiger partial charge is 0.0714 e. The van der Waals surface area contributed by atoms with E-state index in [0.29, 0.717) is 0 Å². The lowest BCUT2D eigenvalue weighted by atomic mass is 9.67. The van der Waals surface area contributed by atoms with E-state index >= 15 is 0 Å². The van der Waals surface area contributed by atoms with Gasteiger partial charge in [-0.2, -0.15) is 0 Å². The molecular weight excluding hydrogens is 699 g/mol. The Hall–Kier alpha value is -7.48. The lowest BCUT2D eigenvalue weighted by Crippen LogP contribution is -2.28. The maximum absolute atomic E-state index is 2.59. The van der Waals surface area contributed by atoms with Crippen LogP contribution in [0.5, 0.6) is 0 Å². The predicted octanol–water partition coefficient (Wildman–Crippen LogP) is 14.8. The van der Waals surface area contributed by atoms with Gasteiger partial charge in [0, 0.05) is 22.0 Å². The Morgan fingerprint density at radius 2 is 0.793 bits per heavy atom. The van der Waals surface area contributed by atoms with E-state index in [1.165, 1.54) is 99.0 Å². The molecule has 1 heteroatoms. The van der Waals surface area contributed by atoms with Crippen molar-refractivity contribution in [3.05, 3.63) is 247 Å². The van der Waals surface area contributed by atoms with Gasteiger partial charge in [-0.3, -0.25) is 0 Å². The van der Waals surface area contributed by atoms with Crippen LogP contribution in [0, 0.1) is 0 Å². The number of nitrogens with zero attached hydrogens (tertiary/aromatic N) is 1. The van der Waals surface area contributed by atoms with Gasteiger partial charge in [-0.15, -0.1) is 0 Å². The van der Waals surface area contributed by atoms with E-state index in [9.17, 15) is 0 Å². The van der Waals surface area contributed by atoms with E-state index in [2.05, 4.69) is 229 Å². The van der Waals surface area contributed by atoms with Crippen molar-refractivity contribution in [1.82, 2.24) is 4.57 Å². The zero-order valence-electron chi connectivity index (χ0n) is 31.8. The van der Waals surface area contributed by atoms with Crippen LogP contribution < -0.4 is 0 Å². The molecule has 10 aromatic carbocycles. The van der Waals surface area contributed by atoms with E-state index < -0.39 is 5.41 Å². The number of para-hydroxylation sites is 2. The maximum atomic E-state index is 2.59. The Morgan fingerprint density at radius 1 is 0.328 bits per heavy atom. The molecule has 0 aliphatic heterocycles. The van der Waals surface area contributed by atoms with Crippen LogP contribution in [0.15, 0.2) is 224 Å². The van der Waals surface area contributed by atoms with Gasteiger partial charge in [-0.1, -0.05) is 200 Å². The van der Waals surface area contributed by atoms with E-state index in [1.54, 1.807) is 0 Å². The summed E-state index contributed by atoms with van der Waals surface area (Å²) in [6, 6.07) is 83.2. The third kappa shape index (κ3) is 4.47. The fraction of sp³-hybridized carbons (Fsp3) is 0.0175. The molecule has 1 aliphatic carbocycles. The van der Waals surface area contributed by atoms with Gasteiger partial charge in [0.25, 0.3) is 0 Å². The minimum atomic E-state index is -0.578. The average molecular weight is 736 g/mol. The molecule has 58 heavy (non-hydrogen) atoms. The second-order valence-electron chi connectivity index (χ2n) is 15.5. The summed E-state index contributed by atoms with van der Waals surface area (Å²) in [5.41, 5.74) is 15.7. The van der Waals surface area contributed by atoms with Crippen molar-refractivity contribution in [3.63, 3.8) is 0 Å². The molecule has 0 spiro atoms. The number of hydrogen-bond acceptors (Lipinski definition) is 0.